The molecule has 1 fully saturated rings. The third-order valence-corrected chi connectivity index (χ3v) is 5.23. The molecule has 1 aromatic carbocycles. The number of carbonyl (C=O) groups excluding carboxylic acids is 1. The van der Waals surface area contributed by atoms with Gasteiger partial charge in [-0.05, 0) is 12.1 Å². The second kappa shape index (κ2) is 9.00. The highest BCUT2D eigenvalue weighted by atomic mass is 32.2. The lowest BCUT2D eigenvalue weighted by molar-refractivity contribution is -0.128. The van der Waals surface area contributed by atoms with Crippen LogP contribution >= 0.6 is 11.8 Å². The van der Waals surface area contributed by atoms with Crippen molar-refractivity contribution in [3.63, 3.8) is 0 Å². The number of rotatable bonds is 7. The lowest BCUT2D eigenvalue weighted by atomic mass is 10.2. The fourth-order valence-corrected chi connectivity index (χ4v) is 3.67. The Hall–Kier alpha value is -2.13. The summed E-state index contributed by atoms with van der Waals surface area (Å²) in [5, 5.41) is 8.64. The molecule has 1 aromatic heterocycles. The average Bonchev–Trinajstić information content (AvgIpc) is 3.12. The van der Waals surface area contributed by atoms with Gasteiger partial charge >= 0.3 is 0 Å². The molecule has 26 heavy (non-hydrogen) atoms. The maximum absolute atomic E-state index is 13.9. The molecule has 0 spiro atoms. The van der Waals surface area contributed by atoms with Gasteiger partial charge in [-0.3, -0.25) is 4.79 Å². The van der Waals surface area contributed by atoms with Crippen molar-refractivity contribution in [3.8, 4) is 0 Å². The van der Waals surface area contributed by atoms with Crippen LogP contribution in [0.15, 0.2) is 35.7 Å². The van der Waals surface area contributed by atoms with Gasteiger partial charge in [-0.15, -0.1) is 10.2 Å². The van der Waals surface area contributed by atoms with Gasteiger partial charge in [-0.2, -0.15) is 0 Å². The van der Waals surface area contributed by atoms with Crippen LogP contribution in [-0.2, 0) is 16.1 Å². The van der Waals surface area contributed by atoms with Crippen molar-refractivity contribution in [3.05, 3.63) is 36.4 Å². The van der Waals surface area contributed by atoms with Crippen molar-refractivity contribution in [1.29, 1.82) is 0 Å². The number of methoxy groups -OCH3 is 1. The predicted molar refractivity (Wildman–Crippen MR) is 97.8 cm³/mol. The Morgan fingerprint density at radius 3 is 2.77 bits per heavy atom. The molecular formula is C17H22FN5O2S. The molecule has 9 heteroatoms. The van der Waals surface area contributed by atoms with Crippen LogP contribution in [-0.4, -0.2) is 71.2 Å². The van der Waals surface area contributed by atoms with Gasteiger partial charge < -0.3 is 19.1 Å². The topological polar surface area (TPSA) is 63.5 Å². The Morgan fingerprint density at radius 2 is 2.04 bits per heavy atom. The van der Waals surface area contributed by atoms with Crippen molar-refractivity contribution in [2.75, 3.05) is 50.5 Å². The first-order chi connectivity index (χ1) is 12.7. The Balaban J connectivity index is 1.48. The number of anilines is 1. The van der Waals surface area contributed by atoms with Gasteiger partial charge in [0.25, 0.3) is 0 Å². The number of nitrogens with zero attached hydrogens (tertiary/aromatic N) is 5. The molecule has 2 heterocycles. The van der Waals surface area contributed by atoms with Crippen molar-refractivity contribution >= 4 is 23.4 Å². The minimum atomic E-state index is -0.224. The summed E-state index contributed by atoms with van der Waals surface area (Å²) < 4.78 is 20.8. The fraction of sp³-hybridized carbons (Fsp3) is 0.471. The third-order valence-electron chi connectivity index (χ3n) is 4.27. The van der Waals surface area contributed by atoms with E-state index in [0.29, 0.717) is 55.9 Å². The van der Waals surface area contributed by atoms with Gasteiger partial charge in [0.1, 0.15) is 12.1 Å². The van der Waals surface area contributed by atoms with Crippen molar-refractivity contribution in [1.82, 2.24) is 19.7 Å². The molecule has 0 saturated carbocycles. The van der Waals surface area contributed by atoms with E-state index in [1.54, 1.807) is 25.6 Å². The SMILES string of the molecule is COCCn1cnnc1SCC(=O)N1CCN(c2ccccc2F)CC1. The molecule has 7 nitrogen and oxygen atoms in total. The molecule has 140 valence electrons. The van der Waals surface area contributed by atoms with E-state index in [4.69, 9.17) is 4.74 Å². The van der Waals surface area contributed by atoms with E-state index in [0.717, 1.165) is 0 Å². The summed E-state index contributed by atoms with van der Waals surface area (Å²) in [7, 11) is 1.64. The summed E-state index contributed by atoms with van der Waals surface area (Å²) in [6.07, 6.45) is 1.64. The summed E-state index contributed by atoms with van der Waals surface area (Å²) in [4.78, 5) is 16.3. The van der Waals surface area contributed by atoms with Gasteiger partial charge in [-0.25, -0.2) is 4.39 Å². The number of carbonyl (C=O) groups is 1. The van der Waals surface area contributed by atoms with Gasteiger partial charge in [0.15, 0.2) is 5.16 Å². The first kappa shape index (κ1) is 18.7. The highest BCUT2D eigenvalue weighted by Crippen LogP contribution is 2.21. The molecule has 3 rings (SSSR count). The maximum Gasteiger partial charge on any atom is 0.233 e. The number of para-hydroxylation sites is 1. The number of ether oxygens (including phenoxy) is 1. The summed E-state index contributed by atoms with van der Waals surface area (Å²) in [6.45, 7) is 3.65. The normalized spacial score (nSPS) is 14.7. The second-order valence-electron chi connectivity index (χ2n) is 5.91. The van der Waals surface area contributed by atoms with Crippen LogP contribution in [0.3, 0.4) is 0 Å². The molecule has 0 N–H and O–H groups in total. The Kier molecular flexibility index (Phi) is 6.45. The molecule has 0 bridgehead atoms. The molecule has 1 amide bonds. The van der Waals surface area contributed by atoms with E-state index >= 15 is 0 Å². The number of hydrogen-bond acceptors (Lipinski definition) is 6. The largest absolute Gasteiger partial charge is 0.383 e. The Bertz CT molecular complexity index is 733. The maximum atomic E-state index is 13.9. The van der Waals surface area contributed by atoms with E-state index in [9.17, 15) is 9.18 Å². The zero-order chi connectivity index (χ0) is 18.4. The third kappa shape index (κ3) is 4.53. The molecule has 0 aliphatic carbocycles. The molecule has 1 saturated heterocycles. The van der Waals surface area contributed by atoms with E-state index in [-0.39, 0.29) is 11.7 Å². The zero-order valence-electron chi connectivity index (χ0n) is 14.7. The quantitative estimate of drug-likeness (QED) is 0.680. The van der Waals surface area contributed by atoms with Crippen LogP contribution in [0.4, 0.5) is 10.1 Å². The lowest BCUT2D eigenvalue weighted by Crippen LogP contribution is -2.49. The lowest BCUT2D eigenvalue weighted by Gasteiger charge is -2.36. The smallest absolute Gasteiger partial charge is 0.233 e. The summed E-state index contributed by atoms with van der Waals surface area (Å²) >= 11 is 1.37. The van der Waals surface area contributed by atoms with E-state index in [1.165, 1.54) is 17.8 Å². The minimum absolute atomic E-state index is 0.0597. The average molecular weight is 379 g/mol. The Labute approximate surface area is 156 Å². The number of hydrogen-bond donors (Lipinski definition) is 0. The van der Waals surface area contributed by atoms with Crippen LogP contribution < -0.4 is 4.90 Å². The van der Waals surface area contributed by atoms with Gasteiger partial charge in [0.05, 0.1) is 18.0 Å². The van der Waals surface area contributed by atoms with Crippen LogP contribution in [0.2, 0.25) is 0 Å². The van der Waals surface area contributed by atoms with Crippen molar-refractivity contribution < 1.29 is 13.9 Å². The molecule has 0 radical (unpaired) electrons. The van der Waals surface area contributed by atoms with Crippen molar-refractivity contribution in [2.45, 2.75) is 11.7 Å². The van der Waals surface area contributed by atoms with Crippen LogP contribution in [0.5, 0.6) is 0 Å². The Morgan fingerprint density at radius 1 is 1.27 bits per heavy atom. The number of piperazine rings is 1. The van der Waals surface area contributed by atoms with E-state index in [1.807, 2.05) is 20.4 Å². The van der Waals surface area contributed by atoms with Crippen molar-refractivity contribution in [2.24, 2.45) is 0 Å². The molecule has 1 aliphatic heterocycles. The highest BCUT2D eigenvalue weighted by Gasteiger charge is 2.23. The number of halogens is 1. The van der Waals surface area contributed by atoms with Crippen LogP contribution in [0.1, 0.15) is 0 Å². The number of amides is 1. The second-order valence-corrected chi connectivity index (χ2v) is 6.85. The van der Waals surface area contributed by atoms with Crippen LogP contribution in [0.25, 0.3) is 0 Å². The van der Waals surface area contributed by atoms with Gasteiger partial charge in [-0.1, -0.05) is 23.9 Å². The zero-order valence-corrected chi connectivity index (χ0v) is 15.5. The molecule has 2 aromatic rings. The standard InChI is InChI=1S/C17H22FN5O2S/c1-25-11-10-23-13-19-20-17(23)26-12-16(24)22-8-6-21(7-9-22)15-5-3-2-4-14(15)18/h2-5,13H,6-12H2,1H3. The molecule has 0 atom stereocenters. The number of thioether (sulfide) groups is 1. The van der Waals surface area contributed by atoms with E-state index in [2.05, 4.69) is 10.2 Å². The summed E-state index contributed by atoms with van der Waals surface area (Å²) in [5.74, 6) is 0.147. The van der Waals surface area contributed by atoms with Gasteiger partial charge in [0, 0.05) is 39.8 Å². The van der Waals surface area contributed by atoms with Crippen LogP contribution in [0, 0.1) is 5.82 Å². The summed E-state index contributed by atoms with van der Waals surface area (Å²) in [6, 6.07) is 6.74. The van der Waals surface area contributed by atoms with E-state index < -0.39 is 0 Å². The minimum Gasteiger partial charge on any atom is -0.383 e. The number of benzene rings is 1. The highest BCUT2D eigenvalue weighted by molar-refractivity contribution is 7.99. The molecule has 1 aliphatic rings. The molecular weight excluding hydrogens is 357 g/mol. The first-order valence-corrected chi connectivity index (χ1v) is 9.44. The van der Waals surface area contributed by atoms with Gasteiger partial charge in [0.2, 0.25) is 5.91 Å². The fourth-order valence-electron chi connectivity index (χ4n) is 2.82. The predicted octanol–water partition coefficient (Wildman–Crippen LogP) is 1.50. The summed E-state index contributed by atoms with van der Waals surface area (Å²) in [5.41, 5.74) is 0.597. The monoisotopic (exact) mass is 379 g/mol. The first-order valence-electron chi connectivity index (χ1n) is 8.46. The number of aromatic nitrogens is 3. The molecule has 0 unspecified atom stereocenters.